The van der Waals surface area contributed by atoms with Crippen molar-refractivity contribution in [3.63, 3.8) is 0 Å². The standard InChI is InChI=1S/C7H15NO2S/c1-3-11-5-4-8-6(2)7(9)10/h6,8H,3-5H2,1-2H3,(H,9,10). The van der Waals surface area contributed by atoms with Crippen LogP contribution in [0.25, 0.3) is 0 Å². The molecule has 0 saturated carbocycles. The van der Waals surface area contributed by atoms with Crippen LogP contribution in [0.2, 0.25) is 0 Å². The third-order valence-electron chi connectivity index (χ3n) is 1.27. The van der Waals surface area contributed by atoms with E-state index in [1.807, 2.05) is 0 Å². The highest BCUT2D eigenvalue weighted by atomic mass is 32.2. The van der Waals surface area contributed by atoms with Gasteiger partial charge in [0.25, 0.3) is 0 Å². The van der Waals surface area contributed by atoms with Crippen molar-refractivity contribution in [1.82, 2.24) is 5.32 Å². The van der Waals surface area contributed by atoms with E-state index in [4.69, 9.17) is 5.11 Å². The van der Waals surface area contributed by atoms with Crippen LogP contribution in [0.5, 0.6) is 0 Å². The molecule has 0 aliphatic rings. The number of nitrogens with one attached hydrogen (secondary N) is 1. The van der Waals surface area contributed by atoms with Crippen molar-refractivity contribution in [3.05, 3.63) is 0 Å². The van der Waals surface area contributed by atoms with Gasteiger partial charge in [0.15, 0.2) is 0 Å². The largest absolute Gasteiger partial charge is 0.480 e. The minimum Gasteiger partial charge on any atom is -0.480 e. The minimum absolute atomic E-state index is 0.424. The summed E-state index contributed by atoms with van der Waals surface area (Å²) in [5.41, 5.74) is 0. The minimum atomic E-state index is -0.786. The average Bonchev–Trinajstić information content (AvgIpc) is 1.97. The number of carboxylic acids is 1. The topological polar surface area (TPSA) is 49.3 Å². The summed E-state index contributed by atoms with van der Waals surface area (Å²) in [6.45, 7) is 4.51. The zero-order valence-corrected chi connectivity index (χ0v) is 7.78. The summed E-state index contributed by atoms with van der Waals surface area (Å²) in [6, 6.07) is -0.424. The van der Waals surface area contributed by atoms with E-state index in [-0.39, 0.29) is 0 Å². The molecule has 0 bridgehead atoms. The number of hydrogen-bond donors (Lipinski definition) is 2. The van der Waals surface area contributed by atoms with Crippen molar-refractivity contribution in [2.24, 2.45) is 0 Å². The van der Waals surface area contributed by atoms with Gasteiger partial charge in [0, 0.05) is 12.3 Å². The monoisotopic (exact) mass is 177 g/mol. The number of carbonyl (C=O) groups is 1. The highest BCUT2D eigenvalue weighted by molar-refractivity contribution is 7.99. The van der Waals surface area contributed by atoms with Gasteiger partial charge in [0.1, 0.15) is 6.04 Å². The molecule has 0 saturated heterocycles. The van der Waals surface area contributed by atoms with Crippen LogP contribution in [0.3, 0.4) is 0 Å². The third kappa shape index (κ3) is 6.19. The molecule has 0 rings (SSSR count). The van der Waals surface area contributed by atoms with Gasteiger partial charge in [-0.15, -0.1) is 0 Å². The zero-order chi connectivity index (χ0) is 8.69. The van der Waals surface area contributed by atoms with E-state index < -0.39 is 12.0 Å². The van der Waals surface area contributed by atoms with Crippen LogP contribution in [0.15, 0.2) is 0 Å². The number of carboxylic acid groups (broad SMARTS) is 1. The number of rotatable bonds is 6. The Labute approximate surface area is 71.6 Å². The van der Waals surface area contributed by atoms with Crippen molar-refractivity contribution >= 4 is 17.7 Å². The predicted octanol–water partition coefficient (Wildman–Crippen LogP) is 0.802. The Morgan fingerprint density at radius 2 is 2.36 bits per heavy atom. The Bertz CT molecular complexity index is 119. The molecular formula is C7H15NO2S. The lowest BCUT2D eigenvalue weighted by atomic mass is 10.3. The van der Waals surface area contributed by atoms with Gasteiger partial charge in [-0.25, -0.2) is 0 Å². The van der Waals surface area contributed by atoms with Crippen molar-refractivity contribution in [3.8, 4) is 0 Å². The lowest BCUT2D eigenvalue weighted by molar-refractivity contribution is -0.138. The highest BCUT2D eigenvalue weighted by Crippen LogP contribution is 1.95. The molecular weight excluding hydrogens is 162 g/mol. The van der Waals surface area contributed by atoms with Gasteiger partial charge in [-0.3, -0.25) is 4.79 Å². The van der Waals surface area contributed by atoms with Crippen LogP contribution in [0.4, 0.5) is 0 Å². The molecule has 0 aromatic carbocycles. The Morgan fingerprint density at radius 1 is 1.73 bits per heavy atom. The van der Waals surface area contributed by atoms with E-state index in [0.717, 1.165) is 18.1 Å². The molecule has 0 aliphatic heterocycles. The Hall–Kier alpha value is -0.220. The molecule has 66 valence electrons. The molecule has 0 aliphatic carbocycles. The van der Waals surface area contributed by atoms with Crippen LogP contribution in [-0.4, -0.2) is 35.2 Å². The molecule has 1 atom stereocenters. The van der Waals surface area contributed by atoms with Crippen molar-refractivity contribution in [2.45, 2.75) is 19.9 Å². The predicted molar refractivity (Wildman–Crippen MR) is 48.1 cm³/mol. The molecule has 0 radical (unpaired) electrons. The van der Waals surface area contributed by atoms with Crippen LogP contribution in [0.1, 0.15) is 13.8 Å². The maximum Gasteiger partial charge on any atom is 0.320 e. The summed E-state index contributed by atoms with van der Waals surface area (Å²) in [7, 11) is 0. The van der Waals surface area contributed by atoms with Crippen LogP contribution < -0.4 is 5.32 Å². The van der Waals surface area contributed by atoms with E-state index >= 15 is 0 Å². The maximum atomic E-state index is 10.3. The van der Waals surface area contributed by atoms with E-state index in [1.165, 1.54) is 0 Å². The number of hydrogen-bond acceptors (Lipinski definition) is 3. The summed E-state index contributed by atoms with van der Waals surface area (Å²) >= 11 is 1.81. The van der Waals surface area contributed by atoms with Gasteiger partial charge in [-0.2, -0.15) is 11.8 Å². The summed E-state index contributed by atoms with van der Waals surface area (Å²) < 4.78 is 0. The first kappa shape index (κ1) is 10.8. The molecule has 4 heteroatoms. The highest BCUT2D eigenvalue weighted by Gasteiger charge is 2.07. The lowest BCUT2D eigenvalue weighted by Crippen LogP contribution is -2.35. The Balaban J connectivity index is 3.17. The third-order valence-corrected chi connectivity index (χ3v) is 2.17. The molecule has 11 heavy (non-hydrogen) atoms. The average molecular weight is 177 g/mol. The summed E-state index contributed by atoms with van der Waals surface area (Å²) in [5.74, 6) is 1.28. The van der Waals surface area contributed by atoms with Crippen LogP contribution >= 0.6 is 11.8 Å². The molecule has 2 N–H and O–H groups in total. The fraction of sp³-hybridized carbons (Fsp3) is 0.857. The molecule has 0 amide bonds. The van der Waals surface area contributed by atoms with E-state index in [2.05, 4.69) is 12.2 Å². The summed E-state index contributed by atoms with van der Waals surface area (Å²) in [4.78, 5) is 10.3. The van der Waals surface area contributed by atoms with Gasteiger partial charge in [-0.05, 0) is 12.7 Å². The first-order valence-electron chi connectivity index (χ1n) is 3.72. The SMILES string of the molecule is CCSCCNC(C)C(=O)O. The molecule has 0 aromatic heterocycles. The van der Waals surface area contributed by atoms with Crippen molar-refractivity contribution < 1.29 is 9.90 Å². The second kappa shape index (κ2) is 6.49. The van der Waals surface area contributed by atoms with Gasteiger partial charge in [0.2, 0.25) is 0 Å². The van der Waals surface area contributed by atoms with Crippen molar-refractivity contribution in [1.29, 1.82) is 0 Å². The second-order valence-electron chi connectivity index (χ2n) is 2.21. The molecule has 0 fully saturated rings. The molecule has 0 spiro atoms. The summed E-state index contributed by atoms with van der Waals surface area (Å²) in [5, 5.41) is 11.4. The summed E-state index contributed by atoms with van der Waals surface area (Å²) in [6.07, 6.45) is 0. The number of aliphatic carboxylic acids is 1. The van der Waals surface area contributed by atoms with Gasteiger partial charge in [-0.1, -0.05) is 6.92 Å². The zero-order valence-electron chi connectivity index (χ0n) is 6.96. The molecule has 0 heterocycles. The van der Waals surface area contributed by atoms with E-state index in [9.17, 15) is 4.79 Å². The number of thioether (sulfide) groups is 1. The van der Waals surface area contributed by atoms with Gasteiger partial charge in [0.05, 0.1) is 0 Å². The fourth-order valence-electron chi connectivity index (χ4n) is 0.579. The second-order valence-corrected chi connectivity index (χ2v) is 3.60. The Kier molecular flexibility index (Phi) is 6.36. The smallest absolute Gasteiger partial charge is 0.320 e. The first-order valence-corrected chi connectivity index (χ1v) is 4.88. The first-order chi connectivity index (χ1) is 5.18. The molecule has 0 aromatic rings. The quantitative estimate of drug-likeness (QED) is 0.589. The van der Waals surface area contributed by atoms with Crippen molar-refractivity contribution in [2.75, 3.05) is 18.1 Å². The lowest BCUT2D eigenvalue weighted by Gasteiger charge is -2.07. The fourth-order valence-corrected chi connectivity index (χ4v) is 1.13. The van der Waals surface area contributed by atoms with Crippen LogP contribution in [-0.2, 0) is 4.79 Å². The molecule has 1 unspecified atom stereocenters. The Morgan fingerprint density at radius 3 is 2.82 bits per heavy atom. The van der Waals surface area contributed by atoms with Crippen LogP contribution in [0, 0.1) is 0 Å². The van der Waals surface area contributed by atoms with Gasteiger partial charge < -0.3 is 10.4 Å². The molecule has 3 nitrogen and oxygen atoms in total. The van der Waals surface area contributed by atoms with E-state index in [1.54, 1.807) is 18.7 Å². The van der Waals surface area contributed by atoms with Gasteiger partial charge >= 0.3 is 5.97 Å². The maximum absolute atomic E-state index is 10.3. The van der Waals surface area contributed by atoms with E-state index in [0.29, 0.717) is 0 Å². The normalized spacial score (nSPS) is 12.9.